The molecule has 0 aromatic carbocycles. The summed E-state index contributed by atoms with van der Waals surface area (Å²) in [6.45, 7) is 5.95. The van der Waals surface area contributed by atoms with E-state index in [9.17, 15) is 0 Å². The summed E-state index contributed by atoms with van der Waals surface area (Å²) in [6, 6.07) is 0.437. The van der Waals surface area contributed by atoms with E-state index in [1.807, 2.05) is 0 Å². The van der Waals surface area contributed by atoms with Gasteiger partial charge in [0.1, 0.15) is 0 Å². The second-order valence-corrected chi connectivity index (χ2v) is 4.96. The van der Waals surface area contributed by atoms with Crippen LogP contribution in [0.3, 0.4) is 0 Å². The highest BCUT2D eigenvalue weighted by atomic mass is 15.2. The average Bonchev–Trinajstić information content (AvgIpc) is 2.06. The third-order valence-corrected chi connectivity index (χ3v) is 3.82. The number of likely N-dealkylation sites (N-methyl/N-ethyl adjacent to an activating group) is 1. The van der Waals surface area contributed by atoms with Crippen LogP contribution in [0.2, 0.25) is 0 Å². The molecule has 2 rings (SSSR count). The van der Waals surface area contributed by atoms with Crippen LogP contribution in [0.25, 0.3) is 0 Å². The first-order valence-electron chi connectivity index (χ1n) is 5.92. The second kappa shape index (κ2) is 4.60. The molecule has 3 nitrogen and oxygen atoms in total. The van der Waals surface area contributed by atoms with Crippen LogP contribution in [0.4, 0.5) is 0 Å². The van der Waals surface area contributed by atoms with E-state index in [2.05, 4.69) is 16.8 Å². The Kier molecular flexibility index (Phi) is 3.42. The summed E-state index contributed by atoms with van der Waals surface area (Å²) >= 11 is 0. The van der Waals surface area contributed by atoms with Gasteiger partial charge in [0.25, 0.3) is 0 Å². The van der Waals surface area contributed by atoms with Crippen molar-refractivity contribution in [3.05, 3.63) is 0 Å². The molecule has 1 atom stereocenters. The SMILES string of the molecule is CN1CCN(CC(N)C2CCC2)CC1. The Morgan fingerprint density at radius 1 is 1.21 bits per heavy atom. The Balaban J connectivity index is 1.68. The number of nitrogens with two attached hydrogens (primary N) is 1. The summed E-state index contributed by atoms with van der Waals surface area (Å²) in [5, 5.41) is 0. The third kappa shape index (κ3) is 2.47. The molecule has 1 heterocycles. The molecule has 82 valence electrons. The van der Waals surface area contributed by atoms with E-state index in [-0.39, 0.29) is 0 Å². The van der Waals surface area contributed by atoms with Gasteiger partial charge in [0.05, 0.1) is 0 Å². The number of rotatable bonds is 3. The zero-order valence-corrected chi connectivity index (χ0v) is 9.28. The van der Waals surface area contributed by atoms with Crippen molar-refractivity contribution in [2.75, 3.05) is 39.8 Å². The quantitative estimate of drug-likeness (QED) is 0.709. The van der Waals surface area contributed by atoms with Gasteiger partial charge in [-0.25, -0.2) is 0 Å². The fraction of sp³-hybridized carbons (Fsp3) is 1.00. The molecular weight excluding hydrogens is 174 g/mol. The van der Waals surface area contributed by atoms with Crippen LogP contribution in [0.15, 0.2) is 0 Å². The molecule has 0 spiro atoms. The Morgan fingerprint density at radius 3 is 2.36 bits per heavy atom. The molecule has 1 saturated heterocycles. The molecule has 1 aliphatic carbocycles. The van der Waals surface area contributed by atoms with Crippen molar-refractivity contribution in [3.8, 4) is 0 Å². The van der Waals surface area contributed by atoms with Crippen molar-refractivity contribution in [2.45, 2.75) is 25.3 Å². The van der Waals surface area contributed by atoms with Crippen LogP contribution in [0.5, 0.6) is 0 Å². The molecule has 1 saturated carbocycles. The van der Waals surface area contributed by atoms with Gasteiger partial charge in [0.15, 0.2) is 0 Å². The first kappa shape index (κ1) is 10.4. The van der Waals surface area contributed by atoms with E-state index in [1.165, 1.54) is 45.4 Å². The van der Waals surface area contributed by atoms with E-state index in [0.29, 0.717) is 6.04 Å². The van der Waals surface area contributed by atoms with Gasteiger partial charge in [-0.05, 0) is 25.8 Å². The van der Waals surface area contributed by atoms with Crippen molar-refractivity contribution >= 4 is 0 Å². The van der Waals surface area contributed by atoms with Gasteiger partial charge in [-0.15, -0.1) is 0 Å². The summed E-state index contributed by atoms with van der Waals surface area (Å²) in [5.74, 6) is 0.828. The minimum atomic E-state index is 0.437. The molecule has 0 bridgehead atoms. The maximum atomic E-state index is 6.19. The maximum absolute atomic E-state index is 6.19. The first-order chi connectivity index (χ1) is 6.75. The lowest BCUT2D eigenvalue weighted by Gasteiger charge is -2.38. The van der Waals surface area contributed by atoms with Gasteiger partial charge in [-0.2, -0.15) is 0 Å². The van der Waals surface area contributed by atoms with E-state index in [4.69, 9.17) is 5.73 Å². The minimum absolute atomic E-state index is 0.437. The van der Waals surface area contributed by atoms with Crippen molar-refractivity contribution in [2.24, 2.45) is 11.7 Å². The number of hydrogen-bond acceptors (Lipinski definition) is 3. The Morgan fingerprint density at radius 2 is 1.86 bits per heavy atom. The summed E-state index contributed by atoms with van der Waals surface area (Å²) in [4.78, 5) is 4.92. The highest BCUT2D eigenvalue weighted by Gasteiger charge is 2.26. The highest BCUT2D eigenvalue weighted by Crippen LogP contribution is 2.28. The van der Waals surface area contributed by atoms with Crippen LogP contribution in [-0.4, -0.2) is 55.6 Å². The molecule has 0 amide bonds. The topological polar surface area (TPSA) is 32.5 Å². The summed E-state index contributed by atoms with van der Waals surface area (Å²) < 4.78 is 0. The summed E-state index contributed by atoms with van der Waals surface area (Å²) in [6.07, 6.45) is 4.14. The number of hydrogen-bond donors (Lipinski definition) is 1. The predicted molar refractivity (Wildman–Crippen MR) is 59.3 cm³/mol. The van der Waals surface area contributed by atoms with Gasteiger partial charge in [-0.3, -0.25) is 4.90 Å². The van der Waals surface area contributed by atoms with Crippen molar-refractivity contribution in [3.63, 3.8) is 0 Å². The second-order valence-electron chi connectivity index (χ2n) is 4.96. The van der Waals surface area contributed by atoms with Crippen LogP contribution < -0.4 is 5.73 Å². The predicted octanol–water partition coefficient (Wildman–Crippen LogP) is 0.361. The van der Waals surface area contributed by atoms with E-state index in [0.717, 1.165) is 12.5 Å². The number of nitrogens with zero attached hydrogens (tertiary/aromatic N) is 2. The molecule has 1 unspecified atom stereocenters. The highest BCUT2D eigenvalue weighted by molar-refractivity contribution is 4.83. The Labute approximate surface area is 87.2 Å². The van der Waals surface area contributed by atoms with Gasteiger partial charge < -0.3 is 10.6 Å². The van der Waals surface area contributed by atoms with Gasteiger partial charge >= 0.3 is 0 Å². The lowest BCUT2D eigenvalue weighted by molar-refractivity contribution is 0.125. The number of piperazine rings is 1. The standard InChI is InChI=1S/C11H23N3/c1-13-5-7-14(8-6-13)9-11(12)10-3-2-4-10/h10-11H,2-9,12H2,1H3. The molecule has 1 aliphatic heterocycles. The van der Waals surface area contributed by atoms with Crippen molar-refractivity contribution in [1.29, 1.82) is 0 Å². The van der Waals surface area contributed by atoms with Crippen molar-refractivity contribution in [1.82, 2.24) is 9.80 Å². The van der Waals surface area contributed by atoms with Crippen LogP contribution in [-0.2, 0) is 0 Å². The van der Waals surface area contributed by atoms with Crippen molar-refractivity contribution < 1.29 is 0 Å². The van der Waals surface area contributed by atoms with E-state index >= 15 is 0 Å². The Hall–Kier alpha value is -0.120. The van der Waals surface area contributed by atoms with E-state index in [1.54, 1.807) is 0 Å². The minimum Gasteiger partial charge on any atom is -0.326 e. The third-order valence-electron chi connectivity index (χ3n) is 3.82. The van der Waals surface area contributed by atoms with Gasteiger partial charge in [-0.1, -0.05) is 6.42 Å². The molecule has 2 aliphatic rings. The normalized spacial score (nSPS) is 28.7. The molecule has 0 aromatic heterocycles. The smallest absolute Gasteiger partial charge is 0.0196 e. The molecule has 0 aromatic rings. The lowest BCUT2D eigenvalue weighted by Crippen LogP contribution is -2.51. The van der Waals surface area contributed by atoms with Gasteiger partial charge in [0, 0.05) is 38.8 Å². The molecule has 14 heavy (non-hydrogen) atoms. The largest absolute Gasteiger partial charge is 0.326 e. The molecule has 0 radical (unpaired) electrons. The molecule has 2 fully saturated rings. The molecule has 2 N–H and O–H groups in total. The summed E-state index contributed by atoms with van der Waals surface area (Å²) in [5.41, 5.74) is 6.19. The first-order valence-corrected chi connectivity index (χ1v) is 5.92. The molecule has 3 heteroatoms. The van der Waals surface area contributed by atoms with Crippen LogP contribution >= 0.6 is 0 Å². The fourth-order valence-corrected chi connectivity index (χ4v) is 2.35. The van der Waals surface area contributed by atoms with Crippen LogP contribution in [0, 0.1) is 5.92 Å². The lowest BCUT2D eigenvalue weighted by atomic mass is 9.80. The zero-order valence-electron chi connectivity index (χ0n) is 9.28. The maximum Gasteiger partial charge on any atom is 0.0196 e. The van der Waals surface area contributed by atoms with E-state index < -0.39 is 0 Å². The Bertz CT molecular complexity index is 171. The van der Waals surface area contributed by atoms with Crippen LogP contribution in [0.1, 0.15) is 19.3 Å². The fourth-order valence-electron chi connectivity index (χ4n) is 2.35. The monoisotopic (exact) mass is 197 g/mol. The zero-order chi connectivity index (χ0) is 9.97. The summed E-state index contributed by atoms with van der Waals surface area (Å²) in [7, 11) is 2.20. The molecular formula is C11H23N3. The average molecular weight is 197 g/mol. The van der Waals surface area contributed by atoms with Gasteiger partial charge in [0.2, 0.25) is 0 Å².